The smallest absolute Gasteiger partial charge is 0.155 e. The van der Waals surface area contributed by atoms with Crippen molar-refractivity contribution in [1.82, 2.24) is 5.32 Å². The van der Waals surface area contributed by atoms with Crippen LogP contribution in [-0.2, 0) is 0 Å². The largest absolute Gasteiger partial charge is 0.493 e. The fraction of sp³-hybridized carbons (Fsp3) is 0.312. The van der Waals surface area contributed by atoms with E-state index in [4.69, 9.17) is 9.15 Å². The summed E-state index contributed by atoms with van der Waals surface area (Å²) in [6, 6.07) is 5.76. The number of furan rings is 1. The molecule has 1 aromatic heterocycles. The molecule has 0 saturated heterocycles. The average Bonchev–Trinajstić information content (AvgIpc) is 2.94. The third-order valence-electron chi connectivity index (χ3n) is 3.48. The second-order valence-corrected chi connectivity index (χ2v) is 4.70. The first kappa shape index (κ1) is 12.8. The molecule has 1 aromatic carbocycles. The molecule has 1 N–H and O–H groups in total. The molecule has 4 nitrogen and oxygen atoms in total. The summed E-state index contributed by atoms with van der Waals surface area (Å²) in [5, 5.41) is 13.5. The first-order valence-electron chi connectivity index (χ1n) is 6.82. The number of nitrogens with one attached hydrogen (secondary N) is 1. The Morgan fingerprint density at radius 1 is 1.45 bits per heavy atom. The Bertz CT molecular complexity index is 707. The molecular formula is C16H16N2O2. The maximum absolute atomic E-state index is 9.20. The Labute approximate surface area is 117 Å². The lowest BCUT2D eigenvalue weighted by Crippen LogP contribution is -2.21. The van der Waals surface area contributed by atoms with Crippen LogP contribution in [-0.4, -0.2) is 19.7 Å². The molecule has 3 rings (SSSR count). The number of hydrogen-bond acceptors (Lipinski definition) is 4. The number of rotatable bonds is 3. The van der Waals surface area contributed by atoms with Crippen LogP contribution < -0.4 is 10.1 Å². The van der Waals surface area contributed by atoms with Crippen molar-refractivity contribution in [3.63, 3.8) is 0 Å². The fourth-order valence-electron chi connectivity index (χ4n) is 2.57. The Balaban J connectivity index is 2.22. The highest BCUT2D eigenvalue weighted by Gasteiger charge is 2.18. The highest BCUT2D eigenvalue weighted by atomic mass is 16.5. The molecule has 1 aliphatic rings. The van der Waals surface area contributed by atoms with Crippen molar-refractivity contribution in [2.75, 3.05) is 19.7 Å². The molecule has 2 aromatic rings. The molecule has 0 aliphatic carbocycles. The molecule has 0 unspecified atom stereocenters. The van der Waals surface area contributed by atoms with Crippen molar-refractivity contribution in [2.45, 2.75) is 13.3 Å². The maximum Gasteiger partial charge on any atom is 0.155 e. The fourth-order valence-corrected chi connectivity index (χ4v) is 2.57. The summed E-state index contributed by atoms with van der Waals surface area (Å²) in [5.74, 6) is 0.775. The second-order valence-electron chi connectivity index (χ2n) is 4.70. The third-order valence-corrected chi connectivity index (χ3v) is 3.48. The van der Waals surface area contributed by atoms with E-state index < -0.39 is 0 Å². The SMILES string of the molecule is CCOc1ccc(C#N)c2occ(C3=CCCNC3)c12. The Morgan fingerprint density at radius 3 is 3.05 bits per heavy atom. The first-order chi connectivity index (χ1) is 9.85. The quantitative estimate of drug-likeness (QED) is 0.929. The van der Waals surface area contributed by atoms with E-state index in [0.29, 0.717) is 17.8 Å². The van der Waals surface area contributed by atoms with E-state index in [1.807, 2.05) is 13.0 Å². The Hall–Kier alpha value is -2.25. The van der Waals surface area contributed by atoms with Crippen molar-refractivity contribution in [2.24, 2.45) is 0 Å². The minimum Gasteiger partial charge on any atom is -0.493 e. The lowest BCUT2D eigenvalue weighted by Gasteiger charge is -2.14. The molecule has 0 saturated carbocycles. The van der Waals surface area contributed by atoms with E-state index in [1.54, 1.807) is 12.3 Å². The minimum atomic E-state index is 0.541. The summed E-state index contributed by atoms with van der Waals surface area (Å²) in [4.78, 5) is 0. The Kier molecular flexibility index (Phi) is 3.44. The van der Waals surface area contributed by atoms with Gasteiger partial charge in [-0.05, 0) is 37.6 Å². The normalized spacial score (nSPS) is 14.9. The summed E-state index contributed by atoms with van der Waals surface area (Å²) < 4.78 is 11.3. The van der Waals surface area contributed by atoms with Crippen LogP contribution in [0.5, 0.6) is 5.75 Å². The van der Waals surface area contributed by atoms with Gasteiger partial charge in [-0.2, -0.15) is 5.26 Å². The van der Waals surface area contributed by atoms with E-state index >= 15 is 0 Å². The summed E-state index contributed by atoms with van der Waals surface area (Å²) in [6.07, 6.45) is 4.95. The summed E-state index contributed by atoms with van der Waals surface area (Å²) in [5.41, 5.74) is 3.37. The number of nitrogens with zero attached hydrogens (tertiary/aromatic N) is 1. The topological polar surface area (TPSA) is 58.2 Å². The van der Waals surface area contributed by atoms with Crippen LogP contribution in [0.2, 0.25) is 0 Å². The number of fused-ring (bicyclic) bond motifs is 1. The molecule has 0 bridgehead atoms. The lowest BCUT2D eigenvalue weighted by molar-refractivity contribution is 0.344. The van der Waals surface area contributed by atoms with Gasteiger partial charge < -0.3 is 14.5 Å². The monoisotopic (exact) mass is 268 g/mol. The lowest BCUT2D eigenvalue weighted by atomic mass is 10.00. The van der Waals surface area contributed by atoms with E-state index in [2.05, 4.69) is 17.5 Å². The molecule has 2 heterocycles. The van der Waals surface area contributed by atoms with Gasteiger partial charge >= 0.3 is 0 Å². The summed E-state index contributed by atoms with van der Waals surface area (Å²) in [6.45, 7) is 4.35. The van der Waals surface area contributed by atoms with E-state index in [-0.39, 0.29) is 0 Å². The van der Waals surface area contributed by atoms with Crippen LogP contribution in [0.1, 0.15) is 24.5 Å². The highest BCUT2D eigenvalue weighted by Crippen LogP contribution is 2.36. The molecule has 0 fully saturated rings. The molecule has 0 spiro atoms. The zero-order valence-corrected chi connectivity index (χ0v) is 11.4. The molecule has 4 heteroatoms. The second kappa shape index (κ2) is 5.40. The van der Waals surface area contributed by atoms with Gasteiger partial charge in [-0.15, -0.1) is 0 Å². The van der Waals surface area contributed by atoms with Crippen molar-refractivity contribution in [1.29, 1.82) is 5.26 Å². The van der Waals surface area contributed by atoms with Gasteiger partial charge in [0, 0.05) is 12.1 Å². The molecule has 1 aliphatic heterocycles. The van der Waals surface area contributed by atoms with Crippen LogP contribution in [0, 0.1) is 11.3 Å². The molecule has 20 heavy (non-hydrogen) atoms. The van der Waals surface area contributed by atoms with Gasteiger partial charge in [0.2, 0.25) is 0 Å². The van der Waals surface area contributed by atoms with E-state index in [9.17, 15) is 5.26 Å². The number of hydrogen-bond donors (Lipinski definition) is 1. The van der Waals surface area contributed by atoms with E-state index in [0.717, 1.165) is 36.2 Å². The predicted molar refractivity (Wildman–Crippen MR) is 77.6 cm³/mol. The average molecular weight is 268 g/mol. The number of ether oxygens (including phenoxy) is 1. The van der Waals surface area contributed by atoms with Crippen molar-refractivity contribution >= 4 is 16.5 Å². The zero-order chi connectivity index (χ0) is 13.9. The molecule has 102 valence electrons. The van der Waals surface area contributed by atoms with Gasteiger partial charge in [0.1, 0.15) is 11.8 Å². The van der Waals surface area contributed by atoms with Crippen molar-refractivity contribution in [3.8, 4) is 11.8 Å². The minimum absolute atomic E-state index is 0.541. The highest BCUT2D eigenvalue weighted by molar-refractivity contribution is 5.98. The van der Waals surface area contributed by atoms with Crippen LogP contribution in [0.4, 0.5) is 0 Å². The van der Waals surface area contributed by atoms with Gasteiger partial charge in [-0.1, -0.05) is 6.08 Å². The van der Waals surface area contributed by atoms with Gasteiger partial charge in [-0.3, -0.25) is 0 Å². The van der Waals surface area contributed by atoms with Crippen molar-refractivity contribution < 1.29 is 9.15 Å². The molecular weight excluding hydrogens is 252 g/mol. The van der Waals surface area contributed by atoms with E-state index in [1.165, 1.54) is 5.57 Å². The first-order valence-corrected chi connectivity index (χ1v) is 6.82. The van der Waals surface area contributed by atoms with Gasteiger partial charge in [0.15, 0.2) is 5.58 Å². The standard InChI is InChI=1S/C16H16N2O2/c1-2-19-14-6-5-11(8-17)16-15(14)13(10-20-16)12-4-3-7-18-9-12/h4-6,10,18H,2-3,7,9H2,1H3. The molecule has 0 radical (unpaired) electrons. The van der Waals surface area contributed by atoms with Crippen molar-refractivity contribution in [3.05, 3.63) is 35.6 Å². The van der Waals surface area contributed by atoms with Crippen LogP contribution in [0.15, 0.2) is 28.9 Å². The number of benzene rings is 1. The van der Waals surface area contributed by atoms with Gasteiger partial charge in [-0.25, -0.2) is 0 Å². The summed E-state index contributed by atoms with van der Waals surface area (Å²) in [7, 11) is 0. The maximum atomic E-state index is 9.20. The third kappa shape index (κ3) is 2.06. The predicted octanol–water partition coefficient (Wildman–Crippen LogP) is 3.08. The molecule has 0 atom stereocenters. The van der Waals surface area contributed by atoms with Crippen LogP contribution in [0.3, 0.4) is 0 Å². The zero-order valence-electron chi connectivity index (χ0n) is 11.4. The van der Waals surface area contributed by atoms with Crippen LogP contribution >= 0.6 is 0 Å². The van der Waals surface area contributed by atoms with Gasteiger partial charge in [0.25, 0.3) is 0 Å². The summed E-state index contributed by atoms with van der Waals surface area (Å²) >= 11 is 0. The molecule has 0 amide bonds. The number of nitriles is 1. The van der Waals surface area contributed by atoms with Gasteiger partial charge in [0.05, 0.1) is 23.8 Å². The Morgan fingerprint density at radius 2 is 2.35 bits per heavy atom. The van der Waals surface area contributed by atoms with Crippen LogP contribution in [0.25, 0.3) is 16.5 Å².